The van der Waals surface area contributed by atoms with Gasteiger partial charge in [0.1, 0.15) is 5.82 Å². The van der Waals surface area contributed by atoms with Crippen molar-refractivity contribution in [3.05, 3.63) is 24.5 Å². The summed E-state index contributed by atoms with van der Waals surface area (Å²) in [6.07, 6.45) is 4.81. The van der Waals surface area contributed by atoms with Gasteiger partial charge in [0.15, 0.2) is 5.65 Å². The van der Waals surface area contributed by atoms with Crippen LogP contribution in [0, 0.1) is 5.92 Å². The number of anilines is 1. The van der Waals surface area contributed by atoms with Gasteiger partial charge in [-0.25, -0.2) is 9.50 Å². The van der Waals surface area contributed by atoms with Crippen LogP contribution in [-0.4, -0.2) is 33.7 Å². The summed E-state index contributed by atoms with van der Waals surface area (Å²) in [5.41, 5.74) is 6.94. The SMILES string of the molecule is CC1CC(N)CN(c2ccn3nccc3n2)C1. The van der Waals surface area contributed by atoms with Crippen LogP contribution in [0.4, 0.5) is 5.82 Å². The minimum absolute atomic E-state index is 0.252. The van der Waals surface area contributed by atoms with Crippen LogP contribution >= 0.6 is 0 Å². The van der Waals surface area contributed by atoms with Crippen molar-refractivity contribution in [2.75, 3.05) is 18.0 Å². The minimum atomic E-state index is 0.252. The number of nitrogens with two attached hydrogens (primary N) is 1. The lowest BCUT2D eigenvalue weighted by Gasteiger charge is -2.35. The molecular weight excluding hydrogens is 214 g/mol. The summed E-state index contributed by atoms with van der Waals surface area (Å²) < 4.78 is 1.77. The van der Waals surface area contributed by atoms with Crippen LogP contribution in [0.15, 0.2) is 24.5 Å². The second kappa shape index (κ2) is 4.00. The van der Waals surface area contributed by atoms with Gasteiger partial charge >= 0.3 is 0 Å². The van der Waals surface area contributed by atoms with E-state index in [1.807, 2.05) is 18.3 Å². The van der Waals surface area contributed by atoms with Crippen LogP contribution < -0.4 is 10.6 Å². The third-order valence-electron chi connectivity index (χ3n) is 3.26. The highest BCUT2D eigenvalue weighted by Crippen LogP contribution is 2.21. The highest BCUT2D eigenvalue weighted by Gasteiger charge is 2.23. The van der Waals surface area contributed by atoms with Crippen molar-refractivity contribution in [2.45, 2.75) is 19.4 Å². The normalized spacial score (nSPS) is 25.4. The molecule has 0 amide bonds. The van der Waals surface area contributed by atoms with E-state index in [1.165, 1.54) is 0 Å². The van der Waals surface area contributed by atoms with Gasteiger partial charge in [-0.15, -0.1) is 0 Å². The first-order chi connectivity index (χ1) is 8.22. The van der Waals surface area contributed by atoms with Gasteiger partial charge in [-0.1, -0.05) is 6.92 Å². The first-order valence-corrected chi connectivity index (χ1v) is 6.03. The molecule has 2 aromatic heterocycles. The number of fused-ring (bicyclic) bond motifs is 1. The molecule has 1 fully saturated rings. The lowest BCUT2D eigenvalue weighted by molar-refractivity contribution is 0.400. The zero-order chi connectivity index (χ0) is 11.8. The molecule has 5 heteroatoms. The fourth-order valence-corrected chi connectivity index (χ4v) is 2.57. The Morgan fingerprint density at radius 2 is 2.24 bits per heavy atom. The summed E-state index contributed by atoms with van der Waals surface area (Å²) in [5, 5.41) is 4.15. The number of nitrogens with zero attached hydrogens (tertiary/aromatic N) is 4. The molecule has 0 bridgehead atoms. The fraction of sp³-hybridized carbons (Fsp3) is 0.500. The second-order valence-corrected chi connectivity index (χ2v) is 4.93. The third-order valence-corrected chi connectivity index (χ3v) is 3.26. The number of piperidine rings is 1. The molecule has 5 nitrogen and oxygen atoms in total. The van der Waals surface area contributed by atoms with E-state index >= 15 is 0 Å². The van der Waals surface area contributed by atoms with Crippen LogP contribution in [0.3, 0.4) is 0 Å². The van der Waals surface area contributed by atoms with Crippen LogP contribution in [0.5, 0.6) is 0 Å². The Kier molecular flexibility index (Phi) is 2.48. The smallest absolute Gasteiger partial charge is 0.157 e. The number of hydrogen-bond acceptors (Lipinski definition) is 4. The van der Waals surface area contributed by atoms with Gasteiger partial charge < -0.3 is 10.6 Å². The molecule has 0 aliphatic carbocycles. The highest BCUT2D eigenvalue weighted by atomic mass is 15.3. The maximum absolute atomic E-state index is 6.06. The van der Waals surface area contributed by atoms with Crippen LogP contribution in [0.25, 0.3) is 5.65 Å². The molecule has 90 valence electrons. The quantitative estimate of drug-likeness (QED) is 0.792. The standard InChI is InChI=1S/C12H17N5/c1-9-6-10(13)8-16(7-9)11-3-5-17-12(15-11)2-4-14-17/h2-5,9-10H,6-8,13H2,1H3. The van der Waals surface area contributed by atoms with E-state index < -0.39 is 0 Å². The van der Waals surface area contributed by atoms with E-state index in [2.05, 4.69) is 21.9 Å². The molecule has 1 aliphatic rings. The Hall–Kier alpha value is -1.62. The average molecular weight is 231 g/mol. The Labute approximate surface area is 100 Å². The second-order valence-electron chi connectivity index (χ2n) is 4.93. The molecule has 0 saturated carbocycles. The van der Waals surface area contributed by atoms with E-state index in [0.717, 1.165) is 31.0 Å². The largest absolute Gasteiger partial charge is 0.355 e. The van der Waals surface area contributed by atoms with E-state index in [1.54, 1.807) is 10.7 Å². The Morgan fingerprint density at radius 3 is 3.06 bits per heavy atom. The van der Waals surface area contributed by atoms with Crippen molar-refractivity contribution >= 4 is 11.5 Å². The molecule has 2 aromatic rings. The van der Waals surface area contributed by atoms with Crippen molar-refractivity contribution in [3.8, 4) is 0 Å². The predicted molar refractivity (Wildman–Crippen MR) is 67.0 cm³/mol. The van der Waals surface area contributed by atoms with Gasteiger partial charge in [-0.05, 0) is 18.4 Å². The average Bonchev–Trinajstić information content (AvgIpc) is 2.74. The van der Waals surface area contributed by atoms with Crippen molar-refractivity contribution in [1.82, 2.24) is 14.6 Å². The van der Waals surface area contributed by atoms with Gasteiger partial charge in [0, 0.05) is 31.4 Å². The summed E-state index contributed by atoms with van der Waals surface area (Å²) in [6, 6.07) is 4.17. The fourth-order valence-electron chi connectivity index (χ4n) is 2.57. The van der Waals surface area contributed by atoms with Crippen LogP contribution in [-0.2, 0) is 0 Å². The molecule has 0 spiro atoms. The molecule has 2 unspecified atom stereocenters. The number of rotatable bonds is 1. The van der Waals surface area contributed by atoms with E-state index in [9.17, 15) is 0 Å². The maximum Gasteiger partial charge on any atom is 0.157 e. The lowest BCUT2D eigenvalue weighted by atomic mass is 9.97. The Balaban J connectivity index is 1.91. The molecule has 3 heterocycles. The van der Waals surface area contributed by atoms with E-state index in [-0.39, 0.29) is 6.04 Å². The van der Waals surface area contributed by atoms with E-state index in [4.69, 9.17) is 5.73 Å². The zero-order valence-corrected chi connectivity index (χ0v) is 9.95. The van der Waals surface area contributed by atoms with Gasteiger partial charge in [0.2, 0.25) is 0 Å². The maximum atomic E-state index is 6.06. The molecule has 3 rings (SSSR count). The first kappa shape index (κ1) is 10.5. The Morgan fingerprint density at radius 1 is 1.35 bits per heavy atom. The molecule has 1 aliphatic heterocycles. The molecule has 2 N–H and O–H groups in total. The summed E-state index contributed by atoms with van der Waals surface area (Å²) in [5.74, 6) is 1.63. The molecule has 1 saturated heterocycles. The van der Waals surface area contributed by atoms with Crippen molar-refractivity contribution < 1.29 is 0 Å². The molecule has 0 radical (unpaired) electrons. The summed E-state index contributed by atoms with van der Waals surface area (Å²) >= 11 is 0. The van der Waals surface area contributed by atoms with Gasteiger partial charge in [0.25, 0.3) is 0 Å². The van der Waals surface area contributed by atoms with Crippen molar-refractivity contribution in [2.24, 2.45) is 11.7 Å². The molecule has 0 aromatic carbocycles. The summed E-state index contributed by atoms with van der Waals surface area (Å²) in [7, 11) is 0. The number of hydrogen-bond donors (Lipinski definition) is 1. The monoisotopic (exact) mass is 231 g/mol. The molecule has 2 atom stereocenters. The summed E-state index contributed by atoms with van der Waals surface area (Å²) in [6.45, 7) is 4.16. The first-order valence-electron chi connectivity index (χ1n) is 6.03. The topological polar surface area (TPSA) is 59.5 Å². The molecule has 17 heavy (non-hydrogen) atoms. The van der Waals surface area contributed by atoms with Gasteiger partial charge in [-0.2, -0.15) is 5.10 Å². The predicted octanol–water partition coefficient (Wildman–Crippen LogP) is 0.903. The zero-order valence-electron chi connectivity index (χ0n) is 9.95. The van der Waals surface area contributed by atoms with E-state index in [0.29, 0.717) is 5.92 Å². The lowest BCUT2D eigenvalue weighted by Crippen LogP contribution is -2.46. The Bertz CT molecular complexity index is 510. The number of aromatic nitrogens is 3. The van der Waals surface area contributed by atoms with Crippen LogP contribution in [0.1, 0.15) is 13.3 Å². The van der Waals surface area contributed by atoms with Crippen molar-refractivity contribution in [1.29, 1.82) is 0 Å². The van der Waals surface area contributed by atoms with Crippen molar-refractivity contribution in [3.63, 3.8) is 0 Å². The summed E-state index contributed by atoms with van der Waals surface area (Å²) in [4.78, 5) is 6.87. The molecular formula is C12H17N5. The minimum Gasteiger partial charge on any atom is -0.355 e. The van der Waals surface area contributed by atoms with Gasteiger partial charge in [-0.3, -0.25) is 0 Å². The highest BCUT2D eigenvalue weighted by molar-refractivity contribution is 5.47. The third kappa shape index (κ3) is 1.98. The van der Waals surface area contributed by atoms with Gasteiger partial charge in [0.05, 0.1) is 6.20 Å². The van der Waals surface area contributed by atoms with Crippen LogP contribution in [0.2, 0.25) is 0 Å².